The van der Waals surface area contributed by atoms with E-state index in [1.807, 2.05) is 6.92 Å². The number of carbonyl (C=O) groups excluding carboxylic acids is 1. The molecule has 17 heavy (non-hydrogen) atoms. The Balaban J connectivity index is 2.30. The Morgan fingerprint density at radius 1 is 1.47 bits per heavy atom. The highest BCUT2D eigenvalue weighted by atomic mass is 19.4. The van der Waals surface area contributed by atoms with E-state index in [0.717, 1.165) is 0 Å². The topological polar surface area (TPSA) is 41.6 Å². The van der Waals surface area contributed by atoms with Crippen LogP contribution in [-0.2, 0) is 9.53 Å². The maximum atomic E-state index is 11.8. The number of alkyl halides is 3. The molecule has 2 unspecified atom stereocenters. The van der Waals surface area contributed by atoms with Crippen molar-refractivity contribution in [2.75, 3.05) is 19.8 Å². The summed E-state index contributed by atoms with van der Waals surface area (Å²) in [6.07, 6.45) is -3.80. The number of amides is 1. The standard InChI is InChI=1S/C10H17F3N2O2/c1-3-8-9(16)15(7(2)14-8)4-5-17-6-10(11,12)13/h7-8,14H,3-6H2,1-2H3. The van der Waals surface area contributed by atoms with Crippen LogP contribution in [0.2, 0.25) is 0 Å². The quantitative estimate of drug-likeness (QED) is 0.748. The van der Waals surface area contributed by atoms with E-state index in [1.54, 1.807) is 6.92 Å². The normalized spacial score (nSPS) is 25.7. The van der Waals surface area contributed by atoms with E-state index in [-0.39, 0.29) is 31.3 Å². The molecule has 100 valence electrons. The van der Waals surface area contributed by atoms with Crippen LogP contribution < -0.4 is 5.32 Å². The van der Waals surface area contributed by atoms with Crippen molar-refractivity contribution < 1.29 is 22.7 Å². The van der Waals surface area contributed by atoms with Crippen molar-refractivity contribution >= 4 is 5.91 Å². The van der Waals surface area contributed by atoms with Gasteiger partial charge in [-0.1, -0.05) is 6.92 Å². The molecule has 1 saturated heterocycles. The van der Waals surface area contributed by atoms with Crippen LogP contribution in [0.5, 0.6) is 0 Å². The lowest BCUT2D eigenvalue weighted by molar-refractivity contribution is -0.174. The number of nitrogens with zero attached hydrogens (tertiary/aromatic N) is 1. The van der Waals surface area contributed by atoms with Crippen molar-refractivity contribution in [2.24, 2.45) is 0 Å². The SMILES string of the molecule is CCC1NC(C)N(CCOCC(F)(F)F)C1=O. The first-order valence-corrected chi connectivity index (χ1v) is 5.56. The summed E-state index contributed by atoms with van der Waals surface area (Å²) in [7, 11) is 0. The highest BCUT2D eigenvalue weighted by Gasteiger charge is 2.35. The Bertz CT molecular complexity index is 271. The number of rotatable bonds is 5. The summed E-state index contributed by atoms with van der Waals surface area (Å²) < 4.78 is 39.9. The molecule has 1 rings (SSSR count). The van der Waals surface area contributed by atoms with Crippen LogP contribution in [0.15, 0.2) is 0 Å². The Hall–Kier alpha value is -0.820. The molecular formula is C10H17F3N2O2. The van der Waals surface area contributed by atoms with Gasteiger partial charge in [-0.3, -0.25) is 10.1 Å². The van der Waals surface area contributed by atoms with Gasteiger partial charge >= 0.3 is 6.18 Å². The first-order chi connectivity index (χ1) is 7.85. The summed E-state index contributed by atoms with van der Waals surface area (Å²) in [5, 5.41) is 3.06. The van der Waals surface area contributed by atoms with Gasteiger partial charge in [-0.25, -0.2) is 0 Å². The fourth-order valence-electron chi connectivity index (χ4n) is 1.79. The molecule has 4 nitrogen and oxygen atoms in total. The monoisotopic (exact) mass is 254 g/mol. The molecule has 0 bridgehead atoms. The molecule has 0 spiro atoms. The van der Waals surface area contributed by atoms with Gasteiger partial charge in [0.2, 0.25) is 5.91 Å². The van der Waals surface area contributed by atoms with E-state index in [4.69, 9.17) is 0 Å². The second kappa shape index (κ2) is 5.68. The van der Waals surface area contributed by atoms with E-state index >= 15 is 0 Å². The van der Waals surface area contributed by atoms with Gasteiger partial charge < -0.3 is 9.64 Å². The number of ether oxygens (including phenoxy) is 1. The third kappa shape index (κ3) is 4.16. The molecule has 1 heterocycles. The van der Waals surface area contributed by atoms with Gasteiger partial charge in [-0.15, -0.1) is 0 Å². The van der Waals surface area contributed by atoms with Crippen LogP contribution in [-0.4, -0.2) is 48.9 Å². The fraction of sp³-hybridized carbons (Fsp3) is 0.900. The fourth-order valence-corrected chi connectivity index (χ4v) is 1.79. The smallest absolute Gasteiger partial charge is 0.370 e. The van der Waals surface area contributed by atoms with Crippen LogP contribution >= 0.6 is 0 Å². The molecule has 1 aliphatic heterocycles. The number of nitrogens with one attached hydrogen (secondary N) is 1. The zero-order chi connectivity index (χ0) is 13.1. The van der Waals surface area contributed by atoms with Crippen LogP contribution in [0.3, 0.4) is 0 Å². The third-order valence-electron chi connectivity index (χ3n) is 2.64. The van der Waals surface area contributed by atoms with Crippen molar-refractivity contribution in [3.63, 3.8) is 0 Å². The summed E-state index contributed by atoms with van der Waals surface area (Å²) in [6, 6.07) is -0.229. The molecule has 0 radical (unpaired) electrons. The van der Waals surface area contributed by atoms with Crippen LogP contribution in [0.1, 0.15) is 20.3 Å². The highest BCUT2D eigenvalue weighted by molar-refractivity contribution is 5.84. The minimum absolute atomic E-state index is 0.0735. The predicted octanol–water partition coefficient (Wildman–Crippen LogP) is 1.12. The van der Waals surface area contributed by atoms with Crippen molar-refractivity contribution in [1.29, 1.82) is 0 Å². The predicted molar refractivity (Wildman–Crippen MR) is 55.3 cm³/mol. The number of halogens is 3. The zero-order valence-electron chi connectivity index (χ0n) is 9.88. The van der Waals surface area contributed by atoms with Gasteiger partial charge in [-0.2, -0.15) is 13.2 Å². The second-order valence-corrected chi connectivity index (χ2v) is 4.00. The van der Waals surface area contributed by atoms with E-state index in [1.165, 1.54) is 4.90 Å². The molecule has 1 aliphatic rings. The minimum atomic E-state index is -4.31. The average Bonchev–Trinajstić information content (AvgIpc) is 2.48. The van der Waals surface area contributed by atoms with Crippen molar-refractivity contribution in [3.8, 4) is 0 Å². The van der Waals surface area contributed by atoms with Gasteiger partial charge in [-0.05, 0) is 13.3 Å². The van der Waals surface area contributed by atoms with Crippen molar-refractivity contribution in [1.82, 2.24) is 10.2 Å². The minimum Gasteiger partial charge on any atom is -0.370 e. The molecule has 1 fully saturated rings. The van der Waals surface area contributed by atoms with Crippen LogP contribution in [0.4, 0.5) is 13.2 Å². The van der Waals surface area contributed by atoms with Gasteiger partial charge in [0.1, 0.15) is 6.61 Å². The Labute approximate surface area is 98.1 Å². The highest BCUT2D eigenvalue weighted by Crippen LogP contribution is 2.15. The summed E-state index contributed by atoms with van der Waals surface area (Å²) >= 11 is 0. The molecule has 1 N–H and O–H groups in total. The summed E-state index contributed by atoms with van der Waals surface area (Å²) in [5.41, 5.74) is 0. The maximum Gasteiger partial charge on any atom is 0.411 e. The van der Waals surface area contributed by atoms with E-state index in [0.29, 0.717) is 6.42 Å². The molecule has 0 aromatic carbocycles. The largest absolute Gasteiger partial charge is 0.411 e. The molecular weight excluding hydrogens is 237 g/mol. The number of carbonyl (C=O) groups is 1. The second-order valence-electron chi connectivity index (χ2n) is 4.00. The van der Waals surface area contributed by atoms with Crippen molar-refractivity contribution in [2.45, 2.75) is 38.7 Å². The Morgan fingerprint density at radius 2 is 2.12 bits per heavy atom. The van der Waals surface area contributed by atoms with Gasteiger partial charge in [0.05, 0.1) is 18.8 Å². The van der Waals surface area contributed by atoms with Crippen LogP contribution in [0.25, 0.3) is 0 Å². The maximum absolute atomic E-state index is 11.8. The first kappa shape index (κ1) is 14.2. The summed E-state index contributed by atoms with van der Waals surface area (Å²) in [6.45, 7) is 2.49. The van der Waals surface area contributed by atoms with Gasteiger partial charge in [0.15, 0.2) is 0 Å². The van der Waals surface area contributed by atoms with E-state index in [2.05, 4.69) is 10.1 Å². The zero-order valence-corrected chi connectivity index (χ0v) is 9.88. The third-order valence-corrected chi connectivity index (χ3v) is 2.64. The van der Waals surface area contributed by atoms with Gasteiger partial charge in [0.25, 0.3) is 0 Å². The molecule has 0 saturated carbocycles. The van der Waals surface area contributed by atoms with Crippen LogP contribution in [0, 0.1) is 0 Å². The van der Waals surface area contributed by atoms with Crippen molar-refractivity contribution in [3.05, 3.63) is 0 Å². The average molecular weight is 254 g/mol. The van der Waals surface area contributed by atoms with E-state index < -0.39 is 12.8 Å². The molecule has 1 amide bonds. The Kier molecular flexibility index (Phi) is 4.76. The Morgan fingerprint density at radius 3 is 2.59 bits per heavy atom. The molecule has 0 aliphatic carbocycles. The lowest BCUT2D eigenvalue weighted by Gasteiger charge is -2.20. The number of hydrogen-bond donors (Lipinski definition) is 1. The van der Waals surface area contributed by atoms with E-state index in [9.17, 15) is 18.0 Å². The first-order valence-electron chi connectivity index (χ1n) is 5.56. The molecule has 0 aromatic heterocycles. The lowest BCUT2D eigenvalue weighted by Crippen LogP contribution is -2.37. The molecule has 7 heteroatoms. The molecule has 2 atom stereocenters. The summed E-state index contributed by atoms with van der Waals surface area (Å²) in [5.74, 6) is -0.0735. The molecule has 0 aromatic rings. The lowest BCUT2D eigenvalue weighted by atomic mass is 10.2. The van der Waals surface area contributed by atoms with Gasteiger partial charge in [0, 0.05) is 6.54 Å². The number of hydrogen-bond acceptors (Lipinski definition) is 3. The summed E-state index contributed by atoms with van der Waals surface area (Å²) in [4.78, 5) is 13.2.